The molecule has 1 amide bonds. The van der Waals surface area contributed by atoms with Gasteiger partial charge in [0.1, 0.15) is 18.2 Å². The average Bonchev–Trinajstić information content (AvgIpc) is 3.32. The molecule has 2 heterocycles. The van der Waals surface area contributed by atoms with Crippen LogP contribution in [-0.2, 0) is 21.2 Å². The number of benzene rings is 2. The SMILES string of the molecule is Cc1ccc(S(=O)(=O)N(CC(=O)N2CCc3sccc3[C@@H]2COc2ccc(F)cc2)CC(C)C)cc1. The van der Waals surface area contributed by atoms with E-state index in [9.17, 15) is 17.6 Å². The summed E-state index contributed by atoms with van der Waals surface area (Å²) in [6.45, 7) is 6.41. The molecule has 1 atom stereocenters. The Morgan fingerprint density at radius 3 is 2.50 bits per heavy atom. The number of halogens is 1. The molecule has 0 saturated carbocycles. The first-order valence-corrected chi connectivity index (χ1v) is 14.3. The lowest BCUT2D eigenvalue weighted by Gasteiger charge is -2.37. The summed E-state index contributed by atoms with van der Waals surface area (Å²) in [4.78, 5) is 16.7. The Balaban J connectivity index is 1.57. The highest BCUT2D eigenvalue weighted by atomic mass is 32.2. The standard InChI is InChI=1S/C27H31FN2O4S2/c1-19(2)16-29(36(32,33)23-10-4-20(3)5-11-23)17-27(31)30-14-12-26-24(13-15-35-26)25(30)18-34-22-8-6-21(28)7-9-22/h4-11,13,15,19,25H,12,14,16-18H2,1-3H3/t25-/m0/s1. The monoisotopic (exact) mass is 530 g/mol. The van der Waals surface area contributed by atoms with Crippen molar-refractivity contribution in [2.24, 2.45) is 5.92 Å². The Kier molecular flexibility index (Phi) is 8.12. The van der Waals surface area contributed by atoms with Crippen LogP contribution in [-0.4, -0.2) is 49.8 Å². The van der Waals surface area contributed by atoms with E-state index in [-0.39, 0.29) is 48.3 Å². The second-order valence-corrected chi connectivity index (χ2v) is 12.4. The van der Waals surface area contributed by atoms with Crippen molar-refractivity contribution in [3.8, 4) is 5.75 Å². The first-order chi connectivity index (χ1) is 17.1. The molecule has 0 aliphatic carbocycles. The maximum absolute atomic E-state index is 13.6. The minimum absolute atomic E-state index is 0.0421. The van der Waals surface area contributed by atoms with Gasteiger partial charge in [0.25, 0.3) is 0 Å². The van der Waals surface area contributed by atoms with Crippen molar-refractivity contribution in [3.63, 3.8) is 0 Å². The van der Waals surface area contributed by atoms with Gasteiger partial charge in [-0.3, -0.25) is 4.79 Å². The topological polar surface area (TPSA) is 66.9 Å². The minimum atomic E-state index is -3.85. The quantitative estimate of drug-likeness (QED) is 0.389. The highest BCUT2D eigenvalue weighted by Gasteiger charge is 2.35. The molecule has 0 unspecified atom stereocenters. The van der Waals surface area contributed by atoms with E-state index in [1.807, 2.05) is 32.2 Å². The summed E-state index contributed by atoms with van der Waals surface area (Å²) in [6, 6.07) is 14.1. The summed E-state index contributed by atoms with van der Waals surface area (Å²) in [7, 11) is -3.85. The van der Waals surface area contributed by atoms with E-state index in [0.717, 1.165) is 11.1 Å². The summed E-state index contributed by atoms with van der Waals surface area (Å²) in [5.41, 5.74) is 1.97. The van der Waals surface area contributed by atoms with Crippen LogP contribution in [0.4, 0.5) is 4.39 Å². The Labute approximate surface area is 216 Å². The first kappa shape index (κ1) is 26.3. The van der Waals surface area contributed by atoms with E-state index < -0.39 is 10.0 Å². The lowest BCUT2D eigenvalue weighted by Crippen LogP contribution is -2.48. The number of fused-ring (bicyclic) bond motifs is 1. The zero-order valence-corrected chi connectivity index (χ0v) is 22.3. The number of rotatable bonds is 9. The fourth-order valence-electron chi connectivity index (χ4n) is 4.34. The lowest BCUT2D eigenvalue weighted by molar-refractivity contribution is -0.135. The molecule has 0 spiro atoms. The highest BCUT2D eigenvalue weighted by Crippen LogP contribution is 2.34. The van der Waals surface area contributed by atoms with E-state index in [1.165, 1.54) is 21.3 Å². The van der Waals surface area contributed by atoms with Gasteiger partial charge in [0.2, 0.25) is 15.9 Å². The van der Waals surface area contributed by atoms with E-state index in [1.54, 1.807) is 52.6 Å². The van der Waals surface area contributed by atoms with Gasteiger partial charge < -0.3 is 9.64 Å². The van der Waals surface area contributed by atoms with Crippen molar-refractivity contribution in [2.75, 3.05) is 26.2 Å². The highest BCUT2D eigenvalue weighted by molar-refractivity contribution is 7.89. The van der Waals surface area contributed by atoms with Crippen molar-refractivity contribution in [1.29, 1.82) is 0 Å². The number of sulfonamides is 1. The van der Waals surface area contributed by atoms with Crippen LogP contribution in [0.2, 0.25) is 0 Å². The fourth-order valence-corrected chi connectivity index (χ4v) is 6.82. The van der Waals surface area contributed by atoms with Gasteiger partial charge in [-0.15, -0.1) is 11.3 Å². The molecule has 2 aromatic carbocycles. The van der Waals surface area contributed by atoms with Crippen LogP contribution in [0.15, 0.2) is 64.9 Å². The molecule has 0 saturated heterocycles. The third kappa shape index (κ3) is 5.96. The van der Waals surface area contributed by atoms with Crippen LogP contribution in [0, 0.1) is 18.7 Å². The molecule has 6 nitrogen and oxygen atoms in total. The Morgan fingerprint density at radius 1 is 1.14 bits per heavy atom. The molecule has 3 aromatic rings. The van der Waals surface area contributed by atoms with E-state index in [0.29, 0.717) is 18.7 Å². The molecule has 4 rings (SSSR count). The number of carbonyl (C=O) groups excluding carboxylic acids is 1. The van der Waals surface area contributed by atoms with Gasteiger partial charge in [-0.05, 0) is 72.7 Å². The van der Waals surface area contributed by atoms with E-state index >= 15 is 0 Å². The lowest BCUT2D eigenvalue weighted by atomic mass is 10.0. The van der Waals surface area contributed by atoms with Crippen molar-refractivity contribution < 1.29 is 22.3 Å². The van der Waals surface area contributed by atoms with Gasteiger partial charge in [-0.2, -0.15) is 4.31 Å². The normalized spacial score (nSPS) is 15.8. The van der Waals surface area contributed by atoms with Gasteiger partial charge in [0.15, 0.2) is 0 Å². The summed E-state index contributed by atoms with van der Waals surface area (Å²) < 4.78 is 47.5. The van der Waals surface area contributed by atoms with Crippen LogP contribution in [0.25, 0.3) is 0 Å². The minimum Gasteiger partial charge on any atom is -0.491 e. The molecular formula is C27H31FN2O4S2. The molecule has 0 N–H and O–H groups in total. The summed E-state index contributed by atoms with van der Waals surface area (Å²) in [5.74, 6) is -0.0668. The molecule has 1 aromatic heterocycles. The van der Waals surface area contributed by atoms with Crippen LogP contribution < -0.4 is 4.74 Å². The number of amides is 1. The molecule has 1 aliphatic heterocycles. The Bertz CT molecular complexity index is 1290. The predicted molar refractivity (Wildman–Crippen MR) is 139 cm³/mol. The maximum atomic E-state index is 13.6. The molecular weight excluding hydrogens is 499 g/mol. The molecule has 0 fully saturated rings. The summed E-state index contributed by atoms with van der Waals surface area (Å²) in [5, 5.41) is 2.00. The summed E-state index contributed by atoms with van der Waals surface area (Å²) in [6.07, 6.45) is 0.709. The van der Waals surface area contributed by atoms with Crippen molar-refractivity contribution in [3.05, 3.63) is 81.8 Å². The van der Waals surface area contributed by atoms with E-state index in [2.05, 4.69) is 0 Å². The molecule has 0 radical (unpaired) electrons. The molecule has 192 valence electrons. The number of thiophene rings is 1. The van der Waals surface area contributed by atoms with Crippen LogP contribution in [0.1, 0.15) is 35.9 Å². The first-order valence-electron chi connectivity index (χ1n) is 12.0. The van der Waals surface area contributed by atoms with E-state index in [4.69, 9.17) is 4.74 Å². The Hall–Kier alpha value is -2.75. The number of hydrogen-bond donors (Lipinski definition) is 0. The van der Waals surface area contributed by atoms with Crippen molar-refractivity contribution in [2.45, 2.75) is 38.1 Å². The number of hydrogen-bond acceptors (Lipinski definition) is 5. The molecule has 1 aliphatic rings. The smallest absolute Gasteiger partial charge is 0.243 e. The van der Waals surface area contributed by atoms with Crippen molar-refractivity contribution >= 4 is 27.3 Å². The number of ether oxygens (including phenoxy) is 1. The maximum Gasteiger partial charge on any atom is 0.243 e. The summed E-state index contributed by atoms with van der Waals surface area (Å²) >= 11 is 1.64. The van der Waals surface area contributed by atoms with Gasteiger partial charge in [0.05, 0.1) is 17.5 Å². The van der Waals surface area contributed by atoms with Crippen LogP contribution in [0.3, 0.4) is 0 Å². The zero-order chi connectivity index (χ0) is 25.9. The Morgan fingerprint density at radius 2 is 1.83 bits per heavy atom. The van der Waals surface area contributed by atoms with Gasteiger partial charge in [0, 0.05) is 18.0 Å². The molecule has 36 heavy (non-hydrogen) atoms. The van der Waals surface area contributed by atoms with Gasteiger partial charge in [-0.1, -0.05) is 31.5 Å². The van der Waals surface area contributed by atoms with Gasteiger partial charge >= 0.3 is 0 Å². The van der Waals surface area contributed by atoms with Crippen LogP contribution >= 0.6 is 11.3 Å². The average molecular weight is 531 g/mol. The third-order valence-corrected chi connectivity index (χ3v) is 9.00. The van der Waals surface area contributed by atoms with Crippen LogP contribution in [0.5, 0.6) is 5.75 Å². The second kappa shape index (κ2) is 11.1. The molecule has 9 heteroatoms. The number of carbonyl (C=O) groups is 1. The number of nitrogens with zero attached hydrogens (tertiary/aromatic N) is 2. The van der Waals surface area contributed by atoms with Gasteiger partial charge in [-0.25, -0.2) is 12.8 Å². The fraction of sp³-hybridized carbons (Fsp3) is 0.370. The number of aryl methyl sites for hydroxylation is 1. The largest absolute Gasteiger partial charge is 0.491 e. The second-order valence-electron chi connectivity index (χ2n) is 9.42. The zero-order valence-electron chi connectivity index (χ0n) is 20.7. The predicted octanol–water partition coefficient (Wildman–Crippen LogP) is 5.05. The third-order valence-electron chi connectivity index (χ3n) is 6.18. The molecule has 0 bridgehead atoms. The van der Waals surface area contributed by atoms with Crippen molar-refractivity contribution in [1.82, 2.24) is 9.21 Å².